The molecule has 1 unspecified atom stereocenters. The van der Waals surface area contributed by atoms with Crippen molar-refractivity contribution in [1.82, 2.24) is 0 Å². The molecule has 0 saturated heterocycles. The zero-order valence-corrected chi connectivity index (χ0v) is 13.5. The Morgan fingerprint density at radius 1 is 1.15 bits per heavy atom. The minimum atomic E-state index is -5.23. The van der Waals surface area contributed by atoms with E-state index in [1.54, 1.807) is 6.07 Å². The highest BCUT2D eigenvalue weighted by molar-refractivity contribution is 7.91. The molecule has 2 aromatic rings. The number of sulfone groups is 1. The molecule has 5 nitrogen and oxygen atoms in total. The average Bonchev–Trinajstić information content (AvgIpc) is 2.73. The van der Waals surface area contributed by atoms with Crippen molar-refractivity contribution in [2.75, 3.05) is 5.75 Å². The second-order valence-corrected chi connectivity index (χ2v) is 7.62. The number of ether oxygens (including phenoxy) is 1. The number of hydrogen-bond acceptors (Lipinski definition) is 5. The van der Waals surface area contributed by atoms with Gasteiger partial charge in [-0.2, -0.15) is 18.4 Å². The van der Waals surface area contributed by atoms with Crippen LogP contribution in [0.1, 0.15) is 11.1 Å². The number of alkyl halides is 3. The van der Waals surface area contributed by atoms with Crippen LogP contribution in [0.2, 0.25) is 0 Å². The first-order valence-corrected chi connectivity index (χ1v) is 8.66. The fourth-order valence-electron chi connectivity index (χ4n) is 2.65. The number of fused-ring (bicyclic) bond motifs is 1. The highest BCUT2D eigenvalue weighted by Gasteiger charge is 2.62. The van der Waals surface area contributed by atoms with E-state index in [1.807, 2.05) is 0 Å². The third-order valence-corrected chi connectivity index (χ3v) is 5.66. The van der Waals surface area contributed by atoms with E-state index in [1.165, 1.54) is 0 Å². The van der Waals surface area contributed by atoms with Crippen LogP contribution in [0, 0.1) is 17.1 Å². The van der Waals surface area contributed by atoms with Crippen molar-refractivity contribution in [2.24, 2.45) is 0 Å². The van der Waals surface area contributed by atoms with Crippen LogP contribution in [0.25, 0.3) is 0 Å². The summed E-state index contributed by atoms with van der Waals surface area (Å²) in [4.78, 5) is -0.651. The van der Waals surface area contributed by atoms with E-state index in [9.17, 15) is 31.1 Å². The van der Waals surface area contributed by atoms with Crippen LogP contribution in [0.3, 0.4) is 0 Å². The van der Waals surface area contributed by atoms with Crippen LogP contribution in [-0.2, 0) is 15.4 Å². The minimum Gasteiger partial charge on any atom is -0.457 e. The second kappa shape index (κ2) is 5.69. The molecule has 0 aromatic heterocycles. The monoisotopic (exact) mass is 387 g/mol. The summed E-state index contributed by atoms with van der Waals surface area (Å²) in [6.07, 6.45) is -5.23. The summed E-state index contributed by atoms with van der Waals surface area (Å²) < 4.78 is 82.2. The summed E-state index contributed by atoms with van der Waals surface area (Å²) in [5, 5.41) is 18.8. The van der Waals surface area contributed by atoms with Gasteiger partial charge in [0.15, 0.2) is 9.84 Å². The summed E-state index contributed by atoms with van der Waals surface area (Å²) in [5.74, 6) is -2.74. The molecule has 10 heteroatoms. The lowest BCUT2D eigenvalue weighted by Gasteiger charge is -2.25. The molecule has 0 bridgehead atoms. The number of benzene rings is 2. The van der Waals surface area contributed by atoms with Crippen LogP contribution in [0.15, 0.2) is 41.3 Å². The zero-order chi connectivity index (χ0) is 19.3. The van der Waals surface area contributed by atoms with Gasteiger partial charge in [-0.05, 0) is 30.3 Å². The molecule has 1 aliphatic heterocycles. The lowest BCUT2D eigenvalue weighted by molar-refractivity contribution is -0.256. The first kappa shape index (κ1) is 18.2. The molecule has 0 amide bonds. The maximum Gasteiger partial charge on any atom is 0.422 e. The van der Waals surface area contributed by atoms with Gasteiger partial charge in [0.1, 0.15) is 17.3 Å². The molecule has 3 rings (SSSR count). The van der Waals surface area contributed by atoms with Crippen LogP contribution in [0.5, 0.6) is 11.5 Å². The summed E-state index contributed by atoms with van der Waals surface area (Å²) in [6, 6.07) is 7.39. The molecule has 1 heterocycles. The van der Waals surface area contributed by atoms with E-state index >= 15 is 0 Å². The van der Waals surface area contributed by atoms with E-state index in [4.69, 9.17) is 10.00 Å². The molecule has 1 atom stereocenters. The van der Waals surface area contributed by atoms with Gasteiger partial charge >= 0.3 is 6.18 Å². The summed E-state index contributed by atoms with van der Waals surface area (Å²) in [6.45, 7) is 0. The smallest absolute Gasteiger partial charge is 0.422 e. The maximum atomic E-state index is 13.4. The SMILES string of the molecule is N#Cc1cc(F)cc(Oc2ccc3c(c2)C(O)(C(F)(F)F)CS3(=O)=O)c1. The van der Waals surface area contributed by atoms with Gasteiger partial charge in [0, 0.05) is 11.6 Å². The van der Waals surface area contributed by atoms with Crippen molar-refractivity contribution in [1.29, 1.82) is 5.26 Å². The van der Waals surface area contributed by atoms with Crippen molar-refractivity contribution >= 4 is 9.84 Å². The molecular formula is C16H9F4NO4S. The normalized spacial score (nSPS) is 21.1. The highest BCUT2D eigenvalue weighted by atomic mass is 32.2. The standard InChI is InChI=1S/C16H9F4NO4S/c17-10-3-9(7-21)4-12(5-10)25-11-1-2-14-13(6-11)15(22,16(18,19)20)8-26(14,23)24/h1-6,22H,8H2. The molecule has 2 aromatic carbocycles. The molecule has 0 radical (unpaired) electrons. The van der Waals surface area contributed by atoms with Gasteiger partial charge in [-0.3, -0.25) is 0 Å². The molecule has 26 heavy (non-hydrogen) atoms. The van der Waals surface area contributed by atoms with Crippen LogP contribution < -0.4 is 4.74 Å². The van der Waals surface area contributed by atoms with Crippen LogP contribution in [0.4, 0.5) is 17.6 Å². The first-order chi connectivity index (χ1) is 12.0. The highest BCUT2D eigenvalue weighted by Crippen LogP contribution is 2.49. The average molecular weight is 387 g/mol. The molecule has 0 spiro atoms. The van der Waals surface area contributed by atoms with E-state index in [2.05, 4.69) is 0 Å². The number of halogens is 4. The maximum absolute atomic E-state index is 13.4. The van der Waals surface area contributed by atoms with Crippen molar-refractivity contribution in [2.45, 2.75) is 16.7 Å². The number of rotatable bonds is 2. The zero-order valence-electron chi connectivity index (χ0n) is 12.7. The van der Waals surface area contributed by atoms with Crippen molar-refractivity contribution in [3.63, 3.8) is 0 Å². The van der Waals surface area contributed by atoms with Gasteiger partial charge in [-0.25, -0.2) is 12.8 Å². The van der Waals surface area contributed by atoms with Crippen LogP contribution in [-0.4, -0.2) is 25.5 Å². The van der Waals surface area contributed by atoms with Gasteiger partial charge in [0.25, 0.3) is 0 Å². The number of nitriles is 1. The van der Waals surface area contributed by atoms with Gasteiger partial charge in [0.05, 0.1) is 22.3 Å². The van der Waals surface area contributed by atoms with Crippen molar-refractivity contribution < 1.29 is 35.8 Å². The summed E-state index contributed by atoms with van der Waals surface area (Å²) in [5.41, 5.74) is -4.50. The topological polar surface area (TPSA) is 87.4 Å². The lowest BCUT2D eigenvalue weighted by Crippen LogP contribution is -2.43. The largest absolute Gasteiger partial charge is 0.457 e. The van der Waals surface area contributed by atoms with E-state index in [0.29, 0.717) is 0 Å². The fourth-order valence-corrected chi connectivity index (χ4v) is 4.52. The van der Waals surface area contributed by atoms with Gasteiger partial charge in [0.2, 0.25) is 5.60 Å². The summed E-state index contributed by atoms with van der Waals surface area (Å²) >= 11 is 0. The number of nitrogens with zero attached hydrogens (tertiary/aromatic N) is 1. The van der Waals surface area contributed by atoms with E-state index < -0.39 is 43.6 Å². The van der Waals surface area contributed by atoms with Crippen molar-refractivity contribution in [3.05, 3.63) is 53.3 Å². The Kier molecular flexibility index (Phi) is 3.97. The Hall–Kier alpha value is -2.64. The predicted molar refractivity (Wildman–Crippen MR) is 79.6 cm³/mol. The quantitative estimate of drug-likeness (QED) is 0.801. The Morgan fingerprint density at radius 2 is 1.85 bits per heavy atom. The molecule has 0 fully saturated rings. The first-order valence-electron chi connectivity index (χ1n) is 7.01. The number of hydrogen-bond donors (Lipinski definition) is 1. The molecule has 0 saturated carbocycles. The molecule has 136 valence electrons. The third-order valence-electron chi connectivity index (χ3n) is 3.84. The lowest BCUT2D eigenvalue weighted by atomic mass is 9.95. The summed E-state index contributed by atoms with van der Waals surface area (Å²) in [7, 11) is -4.33. The van der Waals surface area contributed by atoms with Crippen molar-refractivity contribution in [3.8, 4) is 17.6 Å². The predicted octanol–water partition coefficient (Wildman–Crippen LogP) is 3.03. The Morgan fingerprint density at radius 3 is 2.46 bits per heavy atom. The molecule has 1 aliphatic rings. The third kappa shape index (κ3) is 2.89. The van der Waals surface area contributed by atoms with Gasteiger partial charge < -0.3 is 9.84 Å². The Balaban J connectivity index is 2.08. The molecule has 0 aliphatic carbocycles. The minimum absolute atomic E-state index is 0.0736. The number of aliphatic hydroxyl groups is 1. The second-order valence-electron chi connectivity index (χ2n) is 5.66. The Labute approximate surface area is 145 Å². The van der Waals surface area contributed by atoms with Gasteiger partial charge in [-0.15, -0.1) is 0 Å². The van der Waals surface area contributed by atoms with Crippen LogP contribution >= 0.6 is 0 Å². The molecule has 1 N–H and O–H groups in total. The fraction of sp³-hybridized carbons (Fsp3) is 0.188. The van der Waals surface area contributed by atoms with E-state index in [-0.39, 0.29) is 17.1 Å². The van der Waals surface area contributed by atoms with Gasteiger partial charge in [-0.1, -0.05) is 0 Å². The molecular weight excluding hydrogens is 378 g/mol. The Bertz CT molecular complexity index is 1040. The van der Waals surface area contributed by atoms with E-state index in [0.717, 1.165) is 36.4 Å².